The maximum atomic E-state index is 3.30. The first-order chi connectivity index (χ1) is 7.26. The molecule has 0 radical (unpaired) electrons. The van der Waals surface area contributed by atoms with Gasteiger partial charge in [0.25, 0.3) is 0 Å². The van der Waals surface area contributed by atoms with E-state index >= 15 is 0 Å². The minimum absolute atomic E-state index is 0.679. The summed E-state index contributed by atoms with van der Waals surface area (Å²) in [5.41, 5.74) is 0. The van der Waals surface area contributed by atoms with Crippen LogP contribution in [0.1, 0.15) is 46.0 Å². The molecule has 0 spiro atoms. The van der Waals surface area contributed by atoms with Gasteiger partial charge in [0.2, 0.25) is 0 Å². The van der Waals surface area contributed by atoms with Crippen LogP contribution in [-0.2, 0) is 0 Å². The Morgan fingerprint density at radius 2 is 2.00 bits per heavy atom. The summed E-state index contributed by atoms with van der Waals surface area (Å²) in [4.78, 5) is 2.65. The largest absolute Gasteiger partial charge is 0.317 e. The highest BCUT2D eigenvalue weighted by Crippen LogP contribution is 2.19. The molecule has 0 saturated carbocycles. The van der Waals surface area contributed by atoms with Crippen molar-refractivity contribution in [2.45, 2.75) is 52.0 Å². The Balaban J connectivity index is 2.03. The van der Waals surface area contributed by atoms with E-state index in [4.69, 9.17) is 0 Å². The Kier molecular flexibility index (Phi) is 6.26. The number of likely N-dealkylation sites (tertiary alicyclic amines) is 1. The van der Waals surface area contributed by atoms with Gasteiger partial charge in [0, 0.05) is 6.04 Å². The molecule has 1 saturated heterocycles. The monoisotopic (exact) mass is 212 g/mol. The average molecular weight is 212 g/mol. The van der Waals surface area contributed by atoms with Crippen LogP contribution in [0.15, 0.2) is 0 Å². The number of hydrogen-bond acceptors (Lipinski definition) is 2. The minimum atomic E-state index is 0.679. The minimum Gasteiger partial charge on any atom is -0.317 e. The summed E-state index contributed by atoms with van der Waals surface area (Å²) < 4.78 is 0. The quantitative estimate of drug-likeness (QED) is 0.728. The van der Waals surface area contributed by atoms with Crippen LogP contribution in [-0.4, -0.2) is 37.6 Å². The topological polar surface area (TPSA) is 15.3 Å². The number of nitrogens with one attached hydrogen (secondary N) is 1. The Morgan fingerprint density at radius 1 is 1.33 bits per heavy atom. The molecule has 1 N–H and O–H groups in total. The molecule has 2 nitrogen and oxygen atoms in total. The van der Waals surface area contributed by atoms with Gasteiger partial charge in [-0.1, -0.05) is 13.3 Å². The molecule has 1 fully saturated rings. The first-order valence-corrected chi connectivity index (χ1v) is 6.65. The average Bonchev–Trinajstić information content (AvgIpc) is 2.29. The molecule has 0 aliphatic carbocycles. The van der Waals surface area contributed by atoms with E-state index in [9.17, 15) is 0 Å². The predicted molar refractivity (Wildman–Crippen MR) is 67.2 cm³/mol. The summed E-state index contributed by atoms with van der Waals surface area (Å²) in [6, 6.07) is 0.679. The van der Waals surface area contributed by atoms with E-state index in [2.05, 4.69) is 31.1 Å². The van der Waals surface area contributed by atoms with Crippen molar-refractivity contribution in [2.75, 3.05) is 26.7 Å². The van der Waals surface area contributed by atoms with Gasteiger partial charge in [-0.3, -0.25) is 0 Å². The molecule has 1 atom stereocenters. The molecule has 2 heteroatoms. The molecule has 15 heavy (non-hydrogen) atoms. The molecular formula is C13H28N2. The van der Waals surface area contributed by atoms with Crippen molar-refractivity contribution in [2.24, 2.45) is 5.92 Å². The van der Waals surface area contributed by atoms with Gasteiger partial charge in [-0.2, -0.15) is 0 Å². The lowest BCUT2D eigenvalue weighted by atomic mass is 9.94. The molecule has 0 aromatic heterocycles. The summed E-state index contributed by atoms with van der Waals surface area (Å²) in [5.74, 6) is 1.01. The van der Waals surface area contributed by atoms with E-state index in [1.165, 1.54) is 51.7 Å². The van der Waals surface area contributed by atoms with Gasteiger partial charge < -0.3 is 10.2 Å². The molecule has 1 aliphatic heterocycles. The van der Waals surface area contributed by atoms with E-state index in [0.717, 1.165) is 5.92 Å². The third kappa shape index (κ3) is 4.98. The Morgan fingerprint density at radius 3 is 2.53 bits per heavy atom. The maximum Gasteiger partial charge on any atom is 0.00362 e. The fourth-order valence-electron chi connectivity index (χ4n) is 2.38. The lowest BCUT2D eigenvalue weighted by Crippen LogP contribution is -2.34. The van der Waals surface area contributed by atoms with Crippen molar-refractivity contribution in [3.63, 3.8) is 0 Å². The summed E-state index contributed by atoms with van der Waals surface area (Å²) in [5, 5.41) is 3.30. The van der Waals surface area contributed by atoms with Crippen LogP contribution in [0.5, 0.6) is 0 Å². The van der Waals surface area contributed by atoms with E-state index in [1.54, 1.807) is 0 Å². The van der Waals surface area contributed by atoms with E-state index < -0.39 is 0 Å². The standard InChI is InChI=1S/C13H28N2/c1-4-13-7-10-15(11-8-13)9-5-6-12(2)14-3/h12-14H,4-11H2,1-3H3. The van der Waals surface area contributed by atoms with Crippen LogP contribution in [0.4, 0.5) is 0 Å². The Bertz CT molecular complexity index is 151. The number of piperidine rings is 1. The van der Waals surface area contributed by atoms with Crippen LogP contribution in [0, 0.1) is 5.92 Å². The fraction of sp³-hybridized carbons (Fsp3) is 1.00. The van der Waals surface area contributed by atoms with E-state index in [1.807, 2.05) is 0 Å². The van der Waals surface area contributed by atoms with E-state index in [0.29, 0.717) is 6.04 Å². The van der Waals surface area contributed by atoms with Crippen LogP contribution in [0.2, 0.25) is 0 Å². The fourth-order valence-corrected chi connectivity index (χ4v) is 2.38. The maximum absolute atomic E-state index is 3.30. The van der Waals surface area contributed by atoms with Crippen LogP contribution in [0.3, 0.4) is 0 Å². The highest BCUT2D eigenvalue weighted by Gasteiger charge is 2.16. The lowest BCUT2D eigenvalue weighted by Gasteiger charge is -2.31. The lowest BCUT2D eigenvalue weighted by molar-refractivity contribution is 0.178. The Labute approximate surface area is 95.4 Å². The van der Waals surface area contributed by atoms with Crippen LogP contribution in [0.25, 0.3) is 0 Å². The van der Waals surface area contributed by atoms with Crippen molar-refractivity contribution in [1.29, 1.82) is 0 Å². The second kappa shape index (κ2) is 7.24. The summed E-state index contributed by atoms with van der Waals surface area (Å²) in [6.45, 7) is 8.58. The third-order valence-electron chi connectivity index (χ3n) is 3.89. The molecule has 1 rings (SSSR count). The summed E-state index contributed by atoms with van der Waals surface area (Å²) in [7, 11) is 2.05. The highest BCUT2D eigenvalue weighted by atomic mass is 15.1. The van der Waals surface area contributed by atoms with Gasteiger partial charge in [0.05, 0.1) is 0 Å². The van der Waals surface area contributed by atoms with Gasteiger partial charge in [0.15, 0.2) is 0 Å². The number of hydrogen-bond donors (Lipinski definition) is 1. The molecule has 0 bridgehead atoms. The van der Waals surface area contributed by atoms with Gasteiger partial charge in [-0.15, -0.1) is 0 Å². The normalized spacial score (nSPS) is 21.8. The predicted octanol–water partition coefficient (Wildman–Crippen LogP) is 2.50. The smallest absolute Gasteiger partial charge is 0.00362 e. The van der Waals surface area contributed by atoms with Gasteiger partial charge >= 0.3 is 0 Å². The van der Waals surface area contributed by atoms with Gasteiger partial charge in [0.1, 0.15) is 0 Å². The molecule has 0 amide bonds. The zero-order valence-electron chi connectivity index (χ0n) is 10.8. The van der Waals surface area contributed by atoms with Crippen molar-refractivity contribution >= 4 is 0 Å². The second-order valence-electron chi connectivity index (χ2n) is 5.03. The zero-order valence-corrected chi connectivity index (χ0v) is 10.8. The molecule has 1 heterocycles. The van der Waals surface area contributed by atoms with Crippen molar-refractivity contribution in [1.82, 2.24) is 10.2 Å². The van der Waals surface area contributed by atoms with Crippen molar-refractivity contribution in [3.8, 4) is 0 Å². The van der Waals surface area contributed by atoms with Crippen LogP contribution < -0.4 is 5.32 Å². The number of nitrogens with zero attached hydrogens (tertiary/aromatic N) is 1. The molecular weight excluding hydrogens is 184 g/mol. The molecule has 90 valence electrons. The summed E-state index contributed by atoms with van der Waals surface area (Å²) >= 11 is 0. The van der Waals surface area contributed by atoms with Crippen LogP contribution >= 0.6 is 0 Å². The Hall–Kier alpha value is -0.0800. The second-order valence-corrected chi connectivity index (χ2v) is 5.03. The molecule has 0 aromatic rings. The van der Waals surface area contributed by atoms with Gasteiger partial charge in [-0.05, 0) is 65.2 Å². The van der Waals surface area contributed by atoms with Crippen molar-refractivity contribution in [3.05, 3.63) is 0 Å². The summed E-state index contributed by atoms with van der Waals surface area (Å²) in [6.07, 6.45) is 6.89. The van der Waals surface area contributed by atoms with E-state index in [-0.39, 0.29) is 0 Å². The first-order valence-electron chi connectivity index (χ1n) is 6.65. The third-order valence-corrected chi connectivity index (χ3v) is 3.89. The first kappa shape index (κ1) is 13.0. The van der Waals surface area contributed by atoms with Crippen molar-refractivity contribution < 1.29 is 0 Å². The van der Waals surface area contributed by atoms with Gasteiger partial charge in [-0.25, -0.2) is 0 Å². The molecule has 0 aromatic carbocycles. The molecule has 1 unspecified atom stereocenters. The SMILES string of the molecule is CCC1CCN(CCCC(C)NC)CC1. The molecule has 1 aliphatic rings. The zero-order chi connectivity index (χ0) is 11.1. The number of rotatable bonds is 6. The highest BCUT2D eigenvalue weighted by molar-refractivity contribution is 4.71.